The molecular weight excluding hydrogens is 276 g/mol. The van der Waals surface area contributed by atoms with Gasteiger partial charge in [0.05, 0.1) is 11.6 Å². The third-order valence-electron chi connectivity index (χ3n) is 3.36. The van der Waals surface area contributed by atoms with Crippen LogP contribution in [-0.4, -0.2) is 5.75 Å². The van der Waals surface area contributed by atoms with Crippen molar-refractivity contribution in [2.45, 2.75) is 20.3 Å². The molecule has 1 aromatic carbocycles. The summed E-state index contributed by atoms with van der Waals surface area (Å²) in [6, 6.07) is 7.92. The Morgan fingerprint density at radius 1 is 1.52 bits per heavy atom. The van der Waals surface area contributed by atoms with E-state index in [9.17, 15) is 0 Å². The van der Waals surface area contributed by atoms with Gasteiger partial charge in [0.15, 0.2) is 0 Å². The summed E-state index contributed by atoms with van der Waals surface area (Å²) in [7, 11) is 0. The molecule has 1 aliphatic rings. The highest BCUT2D eigenvalue weighted by Crippen LogP contribution is 2.26. The van der Waals surface area contributed by atoms with Crippen LogP contribution < -0.4 is 5.32 Å². The van der Waals surface area contributed by atoms with Crippen molar-refractivity contribution in [3.63, 3.8) is 0 Å². The maximum Gasteiger partial charge on any atom is 0.0994 e. The summed E-state index contributed by atoms with van der Waals surface area (Å²) in [6.45, 7) is 8.24. The predicted molar refractivity (Wildman–Crippen MR) is 92.1 cm³/mol. The second kappa shape index (κ2) is 7.19. The van der Waals surface area contributed by atoms with Crippen molar-refractivity contribution in [3.8, 4) is 6.07 Å². The minimum Gasteiger partial charge on any atom is -0.359 e. The lowest BCUT2D eigenvalue weighted by Gasteiger charge is -2.13. The first-order valence-electron chi connectivity index (χ1n) is 7.05. The number of nitriles is 1. The van der Waals surface area contributed by atoms with Crippen molar-refractivity contribution in [3.05, 3.63) is 64.7 Å². The Kier molecular flexibility index (Phi) is 5.30. The van der Waals surface area contributed by atoms with E-state index in [0.717, 1.165) is 29.1 Å². The third kappa shape index (κ3) is 4.54. The molecule has 1 atom stereocenters. The lowest BCUT2D eigenvalue weighted by molar-refractivity contribution is 0.735. The number of hydrogen-bond donors (Lipinski definition) is 1. The predicted octanol–water partition coefficient (Wildman–Crippen LogP) is 5.01. The molecule has 21 heavy (non-hydrogen) atoms. The van der Waals surface area contributed by atoms with Crippen molar-refractivity contribution >= 4 is 17.4 Å². The normalized spacial score (nSPS) is 17.0. The van der Waals surface area contributed by atoms with Crippen LogP contribution in [0, 0.1) is 24.2 Å². The summed E-state index contributed by atoms with van der Waals surface area (Å²) >= 11 is 1.80. The molecule has 2 rings (SSSR count). The second-order valence-electron chi connectivity index (χ2n) is 5.34. The second-order valence-corrected chi connectivity index (χ2v) is 6.39. The zero-order valence-corrected chi connectivity index (χ0v) is 13.3. The maximum absolute atomic E-state index is 8.93. The standard InChI is InChI=1S/C18H20N2S/c1-13-4-8-18(9-5-13)21-12-15(3)20-17-7-6-16(11-19)14(2)10-17/h4,6-10,13,20H,3,5,12H2,1-2H3. The van der Waals surface area contributed by atoms with Crippen molar-refractivity contribution < 1.29 is 0 Å². The van der Waals surface area contributed by atoms with E-state index >= 15 is 0 Å². The van der Waals surface area contributed by atoms with Gasteiger partial charge in [-0.2, -0.15) is 5.26 Å². The molecule has 1 unspecified atom stereocenters. The minimum atomic E-state index is 0.650. The molecule has 0 heterocycles. The fourth-order valence-electron chi connectivity index (χ4n) is 2.09. The zero-order valence-electron chi connectivity index (χ0n) is 12.5. The third-order valence-corrected chi connectivity index (χ3v) is 4.49. The van der Waals surface area contributed by atoms with Crippen LogP contribution >= 0.6 is 11.8 Å². The van der Waals surface area contributed by atoms with Crippen LogP contribution in [0.5, 0.6) is 0 Å². The molecule has 0 spiro atoms. The van der Waals surface area contributed by atoms with E-state index in [1.807, 2.05) is 25.1 Å². The molecule has 108 valence electrons. The summed E-state index contributed by atoms with van der Waals surface area (Å²) < 4.78 is 0. The Labute approximate surface area is 131 Å². The van der Waals surface area contributed by atoms with Gasteiger partial charge in [-0.15, -0.1) is 11.8 Å². The maximum atomic E-state index is 8.93. The largest absolute Gasteiger partial charge is 0.359 e. The van der Waals surface area contributed by atoms with Gasteiger partial charge >= 0.3 is 0 Å². The van der Waals surface area contributed by atoms with Gasteiger partial charge in [0.1, 0.15) is 0 Å². The van der Waals surface area contributed by atoms with Crippen LogP contribution in [0.3, 0.4) is 0 Å². The first-order valence-corrected chi connectivity index (χ1v) is 8.04. The summed E-state index contributed by atoms with van der Waals surface area (Å²) in [5, 5.41) is 12.2. The monoisotopic (exact) mass is 296 g/mol. The topological polar surface area (TPSA) is 35.8 Å². The van der Waals surface area contributed by atoms with Gasteiger partial charge in [-0.05, 0) is 43.0 Å². The number of allylic oxidation sites excluding steroid dienone is 3. The van der Waals surface area contributed by atoms with Crippen molar-refractivity contribution in [2.24, 2.45) is 5.92 Å². The molecule has 0 aromatic heterocycles. The van der Waals surface area contributed by atoms with Gasteiger partial charge in [0.2, 0.25) is 0 Å². The van der Waals surface area contributed by atoms with E-state index in [-0.39, 0.29) is 0 Å². The van der Waals surface area contributed by atoms with E-state index in [0.29, 0.717) is 11.5 Å². The molecule has 0 amide bonds. The first-order chi connectivity index (χ1) is 10.1. The molecule has 0 bridgehead atoms. The van der Waals surface area contributed by atoms with Crippen LogP contribution in [0.4, 0.5) is 5.69 Å². The molecule has 0 fully saturated rings. The molecule has 1 N–H and O–H groups in total. The molecular formula is C18H20N2S. The van der Waals surface area contributed by atoms with Gasteiger partial charge in [-0.1, -0.05) is 31.7 Å². The summed E-state index contributed by atoms with van der Waals surface area (Å²) in [5.74, 6) is 1.49. The van der Waals surface area contributed by atoms with Crippen LogP contribution in [0.1, 0.15) is 24.5 Å². The average molecular weight is 296 g/mol. The number of nitrogens with zero attached hydrogens (tertiary/aromatic N) is 1. The van der Waals surface area contributed by atoms with Crippen molar-refractivity contribution in [1.29, 1.82) is 5.26 Å². The van der Waals surface area contributed by atoms with Crippen molar-refractivity contribution in [1.82, 2.24) is 0 Å². The molecule has 2 nitrogen and oxygen atoms in total. The Hall–Kier alpha value is -1.92. The quantitative estimate of drug-likeness (QED) is 0.830. The van der Waals surface area contributed by atoms with Crippen LogP contribution in [0.15, 0.2) is 53.6 Å². The highest BCUT2D eigenvalue weighted by molar-refractivity contribution is 8.03. The average Bonchev–Trinajstić information content (AvgIpc) is 2.47. The van der Waals surface area contributed by atoms with Crippen molar-refractivity contribution in [2.75, 3.05) is 11.1 Å². The van der Waals surface area contributed by atoms with Gasteiger partial charge < -0.3 is 5.32 Å². The lowest BCUT2D eigenvalue weighted by Crippen LogP contribution is -2.02. The summed E-state index contributed by atoms with van der Waals surface area (Å²) in [4.78, 5) is 1.31. The summed E-state index contributed by atoms with van der Waals surface area (Å²) in [5.41, 5.74) is 3.65. The number of anilines is 1. The first kappa shape index (κ1) is 15.5. The molecule has 1 aromatic rings. The Balaban J connectivity index is 1.86. The highest BCUT2D eigenvalue weighted by atomic mass is 32.2. The summed E-state index contributed by atoms with van der Waals surface area (Å²) in [6.07, 6.45) is 7.85. The van der Waals surface area contributed by atoms with Crippen LogP contribution in [0.25, 0.3) is 0 Å². The number of nitrogens with one attached hydrogen (secondary N) is 1. The van der Waals surface area contributed by atoms with E-state index in [1.165, 1.54) is 4.91 Å². The number of rotatable bonds is 5. The molecule has 1 aliphatic carbocycles. The van der Waals surface area contributed by atoms with E-state index in [1.54, 1.807) is 11.8 Å². The van der Waals surface area contributed by atoms with E-state index < -0.39 is 0 Å². The van der Waals surface area contributed by atoms with Gasteiger partial charge in [-0.3, -0.25) is 0 Å². The number of aryl methyl sites for hydroxylation is 1. The molecule has 0 radical (unpaired) electrons. The van der Waals surface area contributed by atoms with Crippen LogP contribution in [0.2, 0.25) is 0 Å². The minimum absolute atomic E-state index is 0.650. The molecule has 3 heteroatoms. The highest BCUT2D eigenvalue weighted by Gasteiger charge is 2.05. The number of thioether (sulfide) groups is 1. The molecule has 0 saturated heterocycles. The Morgan fingerprint density at radius 3 is 2.95 bits per heavy atom. The fourth-order valence-corrected chi connectivity index (χ4v) is 2.89. The molecule has 0 saturated carbocycles. The van der Waals surface area contributed by atoms with Gasteiger partial charge in [0.25, 0.3) is 0 Å². The smallest absolute Gasteiger partial charge is 0.0994 e. The fraction of sp³-hybridized carbons (Fsp3) is 0.278. The van der Waals surface area contributed by atoms with Gasteiger partial charge in [0, 0.05) is 22.0 Å². The van der Waals surface area contributed by atoms with Crippen LogP contribution in [-0.2, 0) is 0 Å². The Bertz CT molecular complexity index is 635. The number of benzene rings is 1. The van der Waals surface area contributed by atoms with E-state index in [4.69, 9.17) is 5.26 Å². The molecule has 0 aliphatic heterocycles. The van der Waals surface area contributed by atoms with Gasteiger partial charge in [-0.25, -0.2) is 0 Å². The number of hydrogen-bond acceptors (Lipinski definition) is 3. The zero-order chi connectivity index (χ0) is 15.2. The SMILES string of the molecule is C=C(CSC1=CCC(C)C=C1)Nc1ccc(C#N)c(C)c1. The Morgan fingerprint density at radius 2 is 2.33 bits per heavy atom. The lowest BCUT2D eigenvalue weighted by atomic mass is 10.0. The van der Waals surface area contributed by atoms with E-state index in [2.05, 4.69) is 43.1 Å².